The van der Waals surface area contributed by atoms with E-state index in [0.717, 1.165) is 27.2 Å². The highest BCUT2D eigenvalue weighted by Gasteiger charge is 2.34. The van der Waals surface area contributed by atoms with Crippen LogP contribution >= 0.6 is 23.1 Å². The summed E-state index contributed by atoms with van der Waals surface area (Å²) in [5, 5.41) is 0.647. The number of fused-ring (bicyclic) bond motifs is 1. The van der Waals surface area contributed by atoms with Crippen molar-refractivity contribution < 1.29 is 4.79 Å². The number of amides is 1. The fourth-order valence-corrected chi connectivity index (χ4v) is 4.74. The molecule has 1 aromatic heterocycles. The van der Waals surface area contributed by atoms with Gasteiger partial charge in [-0.1, -0.05) is 42.5 Å². The molecular weight excluding hydrogens is 398 g/mol. The summed E-state index contributed by atoms with van der Waals surface area (Å²) in [6.45, 7) is 0. The largest absolute Gasteiger partial charge is 0.271 e. The lowest BCUT2D eigenvalue weighted by Gasteiger charge is -2.15. The van der Waals surface area contributed by atoms with Crippen LogP contribution in [0.15, 0.2) is 94.3 Å². The number of anilines is 1. The predicted octanol–water partition coefficient (Wildman–Crippen LogP) is 6.10. The molecule has 0 atom stereocenters. The first-order valence-electron chi connectivity index (χ1n) is 9.04. The standard InChI is InChI=1S/C23H15N3OS2/c27-22-21(14-16-11-12-20-19(13-16)24-15-28-20)29-23(25-17-7-3-1-4-8-17)26(22)18-9-5-2-6-10-18/h1-15H/b21-14-,25-23?. The summed E-state index contributed by atoms with van der Waals surface area (Å²) < 4.78 is 1.13. The number of rotatable bonds is 3. The van der Waals surface area contributed by atoms with Crippen molar-refractivity contribution in [2.75, 3.05) is 4.90 Å². The molecule has 0 unspecified atom stereocenters. The van der Waals surface area contributed by atoms with Gasteiger partial charge in [0, 0.05) is 0 Å². The number of hydrogen-bond donors (Lipinski definition) is 0. The van der Waals surface area contributed by atoms with Crippen LogP contribution < -0.4 is 4.90 Å². The van der Waals surface area contributed by atoms with Gasteiger partial charge in [0.25, 0.3) is 5.91 Å². The van der Waals surface area contributed by atoms with Gasteiger partial charge in [0.2, 0.25) is 0 Å². The topological polar surface area (TPSA) is 45.6 Å². The van der Waals surface area contributed by atoms with E-state index < -0.39 is 0 Å². The summed E-state index contributed by atoms with van der Waals surface area (Å²) in [5.74, 6) is -0.0748. The summed E-state index contributed by atoms with van der Waals surface area (Å²) >= 11 is 3.00. The van der Waals surface area contributed by atoms with Gasteiger partial charge < -0.3 is 0 Å². The second kappa shape index (κ2) is 7.66. The Kier molecular flexibility index (Phi) is 4.71. The minimum Gasteiger partial charge on any atom is -0.268 e. The van der Waals surface area contributed by atoms with Crippen LogP contribution in [0.5, 0.6) is 0 Å². The number of aliphatic imine (C=N–C) groups is 1. The Morgan fingerprint density at radius 1 is 0.931 bits per heavy atom. The van der Waals surface area contributed by atoms with Crippen molar-refractivity contribution >= 4 is 61.8 Å². The summed E-state index contributed by atoms with van der Waals surface area (Å²) in [6, 6.07) is 25.4. The Bertz CT molecular complexity index is 1250. The Morgan fingerprint density at radius 3 is 2.48 bits per heavy atom. The van der Waals surface area contributed by atoms with Crippen molar-refractivity contribution in [3.8, 4) is 0 Å². The quantitative estimate of drug-likeness (QED) is 0.381. The molecule has 0 saturated carbocycles. The first kappa shape index (κ1) is 17.8. The SMILES string of the molecule is O=C1/C(=C/c2ccc3scnc3c2)SC(=Nc2ccccc2)N1c1ccccc1. The van der Waals surface area contributed by atoms with Crippen LogP contribution in [0.25, 0.3) is 16.3 Å². The molecule has 4 aromatic rings. The van der Waals surface area contributed by atoms with Crippen molar-refractivity contribution in [2.45, 2.75) is 0 Å². The molecule has 6 heteroatoms. The maximum Gasteiger partial charge on any atom is 0.271 e. The molecule has 1 fully saturated rings. The lowest BCUT2D eigenvalue weighted by Crippen LogP contribution is -2.28. The van der Waals surface area contributed by atoms with Gasteiger partial charge in [-0.15, -0.1) is 11.3 Å². The van der Waals surface area contributed by atoms with Gasteiger partial charge in [0.05, 0.1) is 32.0 Å². The molecule has 29 heavy (non-hydrogen) atoms. The lowest BCUT2D eigenvalue weighted by atomic mass is 10.2. The second-order valence-electron chi connectivity index (χ2n) is 6.40. The zero-order chi connectivity index (χ0) is 19.6. The fourth-order valence-electron chi connectivity index (χ4n) is 3.08. The number of aromatic nitrogens is 1. The third-order valence-corrected chi connectivity index (χ3v) is 6.23. The molecular formula is C23H15N3OS2. The minimum atomic E-state index is -0.0748. The Labute approximate surface area is 176 Å². The fraction of sp³-hybridized carbons (Fsp3) is 0. The van der Waals surface area contributed by atoms with Crippen LogP contribution in [0.1, 0.15) is 5.56 Å². The molecule has 1 aliphatic heterocycles. The average molecular weight is 414 g/mol. The van der Waals surface area contributed by atoms with Crippen LogP contribution in [0.2, 0.25) is 0 Å². The van der Waals surface area contributed by atoms with E-state index in [1.54, 1.807) is 16.2 Å². The predicted molar refractivity (Wildman–Crippen MR) is 123 cm³/mol. The molecule has 1 aliphatic rings. The molecule has 140 valence electrons. The van der Waals surface area contributed by atoms with E-state index >= 15 is 0 Å². The summed E-state index contributed by atoms with van der Waals surface area (Å²) in [7, 11) is 0. The smallest absolute Gasteiger partial charge is 0.268 e. The van der Waals surface area contributed by atoms with E-state index in [0.29, 0.717) is 10.1 Å². The van der Waals surface area contributed by atoms with E-state index in [2.05, 4.69) is 4.98 Å². The van der Waals surface area contributed by atoms with Gasteiger partial charge in [-0.2, -0.15) is 0 Å². The zero-order valence-corrected chi connectivity index (χ0v) is 16.9. The highest BCUT2D eigenvalue weighted by atomic mass is 32.2. The van der Waals surface area contributed by atoms with Gasteiger partial charge >= 0.3 is 0 Å². The molecule has 0 bridgehead atoms. The van der Waals surface area contributed by atoms with Crippen LogP contribution in [0, 0.1) is 0 Å². The van der Waals surface area contributed by atoms with Crippen LogP contribution in [-0.2, 0) is 4.79 Å². The molecule has 0 N–H and O–H groups in total. The van der Waals surface area contributed by atoms with Crippen molar-refractivity contribution in [3.05, 3.63) is 94.8 Å². The Hall–Kier alpha value is -3.22. The first-order valence-corrected chi connectivity index (χ1v) is 10.7. The maximum atomic E-state index is 13.3. The van der Waals surface area contributed by atoms with E-state index in [9.17, 15) is 4.79 Å². The third kappa shape index (κ3) is 3.60. The van der Waals surface area contributed by atoms with Gasteiger partial charge in [0.1, 0.15) is 0 Å². The van der Waals surface area contributed by atoms with Crippen LogP contribution in [0.3, 0.4) is 0 Å². The van der Waals surface area contributed by atoms with Crippen molar-refractivity contribution in [3.63, 3.8) is 0 Å². The van der Waals surface area contributed by atoms with Crippen molar-refractivity contribution in [1.29, 1.82) is 0 Å². The number of para-hydroxylation sites is 2. The average Bonchev–Trinajstić information content (AvgIpc) is 3.34. The number of thiazole rings is 1. The van der Waals surface area contributed by atoms with E-state index in [-0.39, 0.29) is 5.91 Å². The van der Waals surface area contributed by atoms with Gasteiger partial charge in [-0.05, 0) is 59.8 Å². The molecule has 1 amide bonds. The van der Waals surface area contributed by atoms with Crippen molar-refractivity contribution in [1.82, 2.24) is 4.98 Å². The second-order valence-corrected chi connectivity index (χ2v) is 8.29. The normalized spacial score (nSPS) is 17.0. The number of carbonyl (C=O) groups is 1. The van der Waals surface area contributed by atoms with Crippen LogP contribution in [-0.4, -0.2) is 16.1 Å². The van der Waals surface area contributed by atoms with Crippen molar-refractivity contribution in [2.24, 2.45) is 4.99 Å². The highest BCUT2D eigenvalue weighted by Crippen LogP contribution is 2.37. The highest BCUT2D eigenvalue weighted by molar-refractivity contribution is 8.19. The van der Waals surface area contributed by atoms with E-state index in [1.165, 1.54) is 11.8 Å². The number of thioether (sulfide) groups is 1. The van der Waals surface area contributed by atoms with E-state index in [4.69, 9.17) is 4.99 Å². The molecule has 5 rings (SSSR count). The molecule has 3 aromatic carbocycles. The molecule has 4 nitrogen and oxygen atoms in total. The molecule has 0 radical (unpaired) electrons. The van der Waals surface area contributed by atoms with Crippen LogP contribution in [0.4, 0.5) is 11.4 Å². The summed E-state index contributed by atoms with van der Waals surface area (Å²) in [4.78, 5) is 24.7. The number of amidine groups is 1. The Morgan fingerprint density at radius 2 is 1.69 bits per heavy atom. The van der Waals surface area contributed by atoms with Gasteiger partial charge in [0.15, 0.2) is 5.17 Å². The monoisotopic (exact) mass is 413 g/mol. The van der Waals surface area contributed by atoms with Gasteiger partial charge in [-0.3, -0.25) is 9.69 Å². The third-order valence-electron chi connectivity index (χ3n) is 4.45. The van der Waals surface area contributed by atoms with E-state index in [1.807, 2.05) is 90.4 Å². The molecule has 1 saturated heterocycles. The number of hydrogen-bond acceptors (Lipinski definition) is 5. The van der Waals surface area contributed by atoms with Gasteiger partial charge in [-0.25, -0.2) is 9.98 Å². The lowest BCUT2D eigenvalue weighted by molar-refractivity contribution is -0.113. The number of carbonyl (C=O) groups excluding carboxylic acids is 1. The maximum absolute atomic E-state index is 13.3. The Balaban J connectivity index is 1.57. The molecule has 0 aliphatic carbocycles. The first-order chi connectivity index (χ1) is 14.3. The summed E-state index contributed by atoms with van der Waals surface area (Å²) in [5.41, 5.74) is 5.34. The molecule has 2 heterocycles. The number of nitrogens with zero attached hydrogens (tertiary/aromatic N) is 3. The zero-order valence-electron chi connectivity index (χ0n) is 15.2. The minimum absolute atomic E-state index is 0.0748. The number of benzene rings is 3. The summed E-state index contributed by atoms with van der Waals surface area (Å²) in [6.07, 6.45) is 1.91. The molecule has 0 spiro atoms.